The van der Waals surface area contributed by atoms with Crippen LogP contribution in [-0.2, 0) is 17.1 Å². The summed E-state index contributed by atoms with van der Waals surface area (Å²) in [5.41, 5.74) is 1.46. The third kappa shape index (κ3) is 5.99. The standard InChI is InChI=1S/C12H12P.C5H5.Fe/c1-13(12-9-5-6-10-12)11-7-3-2-4-8-11;1-2-4-5-3-1;/h2-10H,1H3;1-5H;/q;;+2/t13-;;/m0../s1. The van der Waals surface area contributed by atoms with Crippen LogP contribution in [0.4, 0.5) is 0 Å². The summed E-state index contributed by atoms with van der Waals surface area (Å²) in [7, 11) is -0.134. The molecule has 1 aromatic rings. The van der Waals surface area contributed by atoms with Crippen LogP contribution < -0.4 is 5.30 Å². The Labute approximate surface area is 131 Å². The fourth-order valence-corrected chi connectivity index (χ4v) is 3.25. The Bertz CT molecular complexity index is 308. The second kappa shape index (κ2) is 9.98. The van der Waals surface area contributed by atoms with E-state index in [9.17, 15) is 0 Å². The van der Waals surface area contributed by atoms with E-state index in [1.54, 1.807) is 0 Å². The van der Waals surface area contributed by atoms with E-state index in [4.69, 9.17) is 0 Å². The maximum absolute atomic E-state index is 2.31. The van der Waals surface area contributed by atoms with Crippen molar-refractivity contribution in [3.63, 3.8) is 0 Å². The average Bonchev–Trinajstić information content (AvgIpc) is 3.14. The molecule has 2 aliphatic rings. The first-order chi connectivity index (χ1) is 8.88. The molecule has 2 saturated carbocycles. The molecule has 19 heavy (non-hydrogen) atoms. The van der Waals surface area contributed by atoms with E-state index in [1.165, 1.54) is 11.0 Å². The molecule has 3 rings (SSSR count). The second-order valence-electron chi connectivity index (χ2n) is 4.00. The van der Waals surface area contributed by atoms with E-state index in [1.807, 2.05) is 32.1 Å². The van der Waals surface area contributed by atoms with Gasteiger partial charge in [0.15, 0.2) is 0 Å². The van der Waals surface area contributed by atoms with Crippen LogP contribution in [0.2, 0.25) is 0 Å². The molecule has 0 aliphatic heterocycles. The number of hydrogen-bond acceptors (Lipinski definition) is 0. The van der Waals surface area contributed by atoms with Gasteiger partial charge in [-0.1, -0.05) is 38.3 Å². The van der Waals surface area contributed by atoms with Crippen molar-refractivity contribution in [1.82, 2.24) is 0 Å². The summed E-state index contributed by atoms with van der Waals surface area (Å²) in [6.07, 6.45) is 18.6. The van der Waals surface area contributed by atoms with Crippen molar-refractivity contribution < 1.29 is 17.1 Å². The predicted molar refractivity (Wildman–Crippen MR) is 80.9 cm³/mol. The minimum atomic E-state index is -0.134. The van der Waals surface area contributed by atoms with Gasteiger partial charge in [0, 0.05) is 5.66 Å². The Balaban J connectivity index is 0.000000256. The van der Waals surface area contributed by atoms with Crippen LogP contribution in [0.5, 0.6) is 0 Å². The fourth-order valence-electron chi connectivity index (χ4n) is 1.71. The molecule has 2 aliphatic carbocycles. The minimum absolute atomic E-state index is 0. The molecule has 2 fully saturated rings. The van der Waals surface area contributed by atoms with Gasteiger partial charge in [0.2, 0.25) is 0 Å². The third-order valence-corrected chi connectivity index (χ3v) is 4.88. The normalized spacial score (nSPS) is 20.3. The summed E-state index contributed by atoms with van der Waals surface area (Å²) in [4.78, 5) is 0. The van der Waals surface area contributed by atoms with E-state index < -0.39 is 0 Å². The van der Waals surface area contributed by atoms with Gasteiger partial charge in [0.25, 0.3) is 0 Å². The molecule has 0 saturated heterocycles. The Morgan fingerprint density at radius 2 is 1.16 bits per heavy atom. The molecular weight excluding hydrogens is 291 g/mol. The van der Waals surface area contributed by atoms with Crippen molar-refractivity contribution in [1.29, 1.82) is 0 Å². The van der Waals surface area contributed by atoms with Crippen molar-refractivity contribution in [2.75, 3.05) is 6.66 Å². The molecule has 1 atom stereocenters. The quantitative estimate of drug-likeness (QED) is 0.576. The Morgan fingerprint density at radius 1 is 0.684 bits per heavy atom. The molecule has 0 unspecified atom stereocenters. The first kappa shape index (κ1) is 17.2. The summed E-state index contributed by atoms with van der Waals surface area (Å²) in [6.45, 7) is 2.31. The largest absolute Gasteiger partial charge is 2.00 e. The summed E-state index contributed by atoms with van der Waals surface area (Å²) in [6, 6.07) is 10.7. The SMILES string of the molecule is C[P@]([C]1[CH][CH][CH][CH]1)c1ccccc1.[CH]1[CH][CH][CH][CH]1.[Fe+2]. The zero-order chi connectivity index (χ0) is 12.6. The van der Waals surface area contributed by atoms with E-state index in [-0.39, 0.29) is 25.0 Å². The smallest absolute Gasteiger partial charge is 0.0706 e. The summed E-state index contributed by atoms with van der Waals surface area (Å²) >= 11 is 0. The van der Waals surface area contributed by atoms with Gasteiger partial charge in [-0.3, -0.25) is 0 Å². The van der Waals surface area contributed by atoms with Gasteiger partial charge >= 0.3 is 17.1 Å². The van der Waals surface area contributed by atoms with Gasteiger partial charge in [-0.2, -0.15) is 0 Å². The molecule has 0 heterocycles. The Morgan fingerprint density at radius 3 is 1.63 bits per heavy atom. The molecule has 96 valence electrons. The molecule has 1 aromatic carbocycles. The van der Waals surface area contributed by atoms with Crippen LogP contribution in [0.15, 0.2) is 30.3 Å². The van der Waals surface area contributed by atoms with Crippen molar-refractivity contribution in [3.05, 3.63) is 93.8 Å². The van der Waals surface area contributed by atoms with Crippen molar-refractivity contribution in [2.24, 2.45) is 0 Å². The number of benzene rings is 1. The molecule has 0 N–H and O–H groups in total. The van der Waals surface area contributed by atoms with Crippen LogP contribution in [0.3, 0.4) is 0 Å². The van der Waals surface area contributed by atoms with Crippen molar-refractivity contribution >= 4 is 13.2 Å². The van der Waals surface area contributed by atoms with Crippen molar-refractivity contribution in [2.45, 2.75) is 0 Å². The van der Waals surface area contributed by atoms with Crippen LogP contribution >= 0.6 is 7.92 Å². The molecule has 0 bridgehead atoms. The summed E-state index contributed by atoms with van der Waals surface area (Å²) in [5.74, 6) is 0. The van der Waals surface area contributed by atoms with Gasteiger partial charge in [0.1, 0.15) is 0 Å². The van der Waals surface area contributed by atoms with Gasteiger partial charge in [-0.15, -0.1) is 0 Å². The van der Waals surface area contributed by atoms with Gasteiger partial charge in [-0.05, 0) is 69.8 Å². The maximum Gasteiger partial charge on any atom is 2.00 e. The summed E-state index contributed by atoms with van der Waals surface area (Å²) in [5, 5.41) is 1.45. The Kier molecular flexibility index (Phi) is 9.04. The topological polar surface area (TPSA) is 0 Å². The first-order valence-electron chi connectivity index (χ1n) is 6.05. The number of hydrogen-bond donors (Lipinski definition) is 0. The number of rotatable bonds is 2. The van der Waals surface area contributed by atoms with Crippen LogP contribution in [0.25, 0.3) is 0 Å². The van der Waals surface area contributed by atoms with Gasteiger partial charge in [-0.25, -0.2) is 0 Å². The zero-order valence-electron chi connectivity index (χ0n) is 10.9. The third-order valence-electron chi connectivity index (χ3n) is 2.73. The minimum Gasteiger partial charge on any atom is -0.0706 e. The van der Waals surface area contributed by atoms with E-state index in [0.29, 0.717) is 0 Å². The van der Waals surface area contributed by atoms with Gasteiger partial charge in [0.05, 0.1) is 0 Å². The maximum atomic E-state index is 2.31. The molecular formula is C17H17FeP+2. The second-order valence-corrected chi connectivity index (χ2v) is 6.15. The first-order valence-corrected chi connectivity index (χ1v) is 7.84. The van der Waals surface area contributed by atoms with Crippen LogP contribution in [0.1, 0.15) is 0 Å². The zero-order valence-corrected chi connectivity index (χ0v) is 12.9. The molecule has 10 radical (unpaired) electrons. The molecule has 0 aromatic heterocycles. The monoisotopic (exact) mass is 308 g/mol. The van der Waals surface area contributed by atoms with Crippen LogP contribution in [-0.4, -0.2) is 6.66 Å². The molecule has 0 amide bonds. The van der Waals surface area contributed by atoms with E-state index in [0.717, 1.165) is 0 Å². The summed E-state index contributed by atoms with van der Waals surface area (Å²) < 4.78 is 0. The average molecular weight is 308 g/mol. The molecule has 0 nitrogen and oxygen atoms in total. The van der Waals surface area contributed by atoms with Crippen molar-refractivity contribution in [3.8, 4) is 0 Å². The molecule has 2 heteroatoms. The predicted octanol–water partition coefficient (Wildman–Crippen LogP) is 3.81. The fraction of sp³-hybridized carbons (Fsp3) is 0.0588. The Hall–Kier alpha value is 0.169. The molecule has 0 spiro atoms. The van der Waals surface area contributed by atoms with Crippen LogP contribution in [0, 0.1) is 63.4 Å². The van der Waals surface area contributed by atoms with Gasteiger partial charge < -0.3 is 0 Å². The van der Waals surface area contributed by atoms with E-state index in [2.05, 4.69) is 62.7 Å². The van der Waals surface area contributed by atoms with E-state index >= 15 is 0 Å².